The lowest BCUT2D eigenvalue weighted by Crippen LogP contribution is -2.36. The van der Waals surface area contributed by atoms with Crippen molar-refractivity contribution in [2.75, 3.05) is 14.2 Å². The van der Waals surface area contributed by atoms with Crippen molar-refractivity contribution in [3.63, 3.8) is 0 Å². The fourth-order valence-corrected chi connectivity index (χ4v) is 2.71. The predicted octanol–water partition coefficient (Wildman–Crippen LogP) is 3.89. The molecule has 5 heteroatoms. The summed E-state index contributed by atoms with van der Waals surface area (Å²) in [5, 5.41) is 0. The molecular weight excluding hydrogens is 360 g/mol. The molecule has 1 atom stereocenters. The molecule has 0 aliphatic heterocycles. The highest BCUT2D eigenvalue weighted by Crippen LogP contribution is 2.31. The summed E-state index contributed by atoms with van der Waals surface area (Å²) >= 11 is 3.30. The molecule has 0 bridgehead atoms. The predicted molar refractivity (Wildman–Crippen MR) is 91.4 cm³/mol. The van der Waals surface area contributed by atoms with Gasteiger partial charge in [0, 0.05) is 12.7 Å². The number of rotatable bonds is 7. The molecule has 0 aliphatic carbocycles. The lowest BCUT2D eigenvalue weighted by molar-refractivity contribution is 0.0450. The van der Waals surface area contributed by atoms with Crippen LogP contribution < -0.4 is 4.74 Å². The number of hydrogen-bond donors (Lipinski definition) is 0. The zero-order chi connectivity index (χ0) is 16.9. The van der Waals surface area contributed by atoms with Gasteiger partial charge in [-0.25, -0.2) is 0 Å². The van der Waals surface area contributed by atoms with E-state index in [1.807, 2.05) is 6.07 Å². The topological polar surface area (TPSA) is 52.6 Å². The lowest BCUT2D eigenvalue weighted by atomic mass is 9.98. The largest absolute Gasteiger partial charge is 0.496 e. The van der Waals surface area contributed by atoms with Crippen LogP contribution in [0.2, 0.25) is 0 Å². The maximum Gasteiger partial charge on any atom is 0.206 e. The molecule has 1 unspecified atom stereocenters. The van der Waals surface area contributed by atoms with Gasteiger partial charge in [0.1, 0.15) is 5.75 Å². The first-order valence-electron chi connectivity index (χ1n) is 7.02. The molecule has 0 heterocycles. The van der Waals surface area contributed by atoms with E-state index >= 15 is 0 Å². The number of alkyl halides is 1. The van der Waals surface area contributed by atoms with Crippen molar-refractivity contribution in [3.05, 3.63) is 65.7 Å². The van der Waals surface area contributed by atoms with Gasteiger partial charge in [-0.05, 0) is 28.1 Å². The van der Waals surface area contributed by atoms with Gasteiger partial charge >= 0.3 is 0 Å². The molecule has 23 heavy (non-hydrogen) atoms. The number of carbonyl (C=O) groups is 2. The molecule has 4 nitrogen and oxygen atoms in total. The van der Waals surface area contributed by atoms with E-state index < -0.39 is 4.51 Å². The molecule has 2 aromatic rings. The van der Waals surface area contributed by atoms with E-state index in [9.17, 15) is 9.59 Å². The minimum absolute atomic E-state index is 0.141. The Labute approximate surface area is 143 Å². The van der Waals surface area contributed by atoms with Gasteiger partial charge in [0.15, 0.2) is 10.3 Å². The second-order valence-corrected chi connectivity index (χ2v) is 6.21. The zero-order valence-corrected chi connectivity index (χ0v) is 14.5. The van der Waals surface area contributed by atoms with Crippen LogP contribution in [0.15, 0.2) is 54.6 Å². The molecule has 120 valence electrons. The average Bonchev–Trinajstić information content (AvgIpc) is 2.61. The third kappa shape index (κ3) is 3.86. The number of hydrogen-bond acceptors (Lipinski definition) is 4. The summed E-state index contributed by atoms with van der Waals surface area (Å²) in [4.78, 5) is 25.3. The number of benzene rings is 2. The maximum absolute atomic E-state index is 12.7. The van der Waals surface area contributed by atoms with E-state index in [4.69, 9.17) is 9.47 Å². The second-order valence-electron chi connectivity index (χ2n) is 4.93. The van der Waals surface area contributed by atoms with Gasteiger partial charge in [0.2, 0.25) is 5.78 Å². The molecule has 0 spiro atoms. The van der Waals surface area contributed by atoms with Crippen molar-refractivity contribution in [2.24, 2.45) is 0 Å². The van der Waals surface area contributed by atoms with Crippen molar-refractivity contribution in [3.8, 4) is 5.75 Å². The standard InChI is InChI=1S/C18H17BrO4/c1-22-16-11-7-6-10-14(16)15(20)12-18(19,23-2)17(21)13-8-4-3-5-9-13/h3-11H,12H2,1-2H3. The van der Waals surface area contributed by atoms with Crippen molar-refractivity contribution in [1.82, 2.24) is 0 Å². The van der Waals surface area contributed by atoms with Gasteiger partial charge in [-0.15, -0.1) is 0 Å². The van der Waals surface area contributed by atoms with Crippen LogP contribution in [-0.4, -0.2) is 30.3 Å². The third-order valence-electron chi connectivity index (χ3n) is 3.49. The van der Waals surface area contributed by atoms with Crippen molar-refractivity contribution >= 4 is 27.5 Å². The minimum Gasteiger partial charge on any atom is -0.496 e. The van der Waals surface area contributed by atoms with Gasteiger partial charge in [0.25, 0.3) is 0 Å². The third-order valence-corrected chi connectivity index (χ3v) is 4.46. The van der Waals surface area contributed by atoms with Gasteiger partial charge in [-0.2, -0.15) is 0 Å². The normalized spacial score (nSPS) is 13.2. The second kappa shape index (κ2) is 7.53. The Kier molecular flexibility index (Phi) is 5.69. The van der Waals surface area contributed by atoms with Gasteiger partial charge < -0.3 is 9.47 Å². The maximum atomic E-state index is 12.7. The van der Waals surface area contributed by atoms with E-state index in [-0.39, 0.29) is 18.0 Å². The van der Waals surface area contributed by atoms with Crippen molar-refractivity contribution < 1.29 is 19.1 Å². The lowest BCUT2D eigenvalue weighted by Gasteiger charge is -2.24. The molecule has 0 aliphatic rings. The Hall–Kier alpha value is -1.98. The molecule has 2 aromatic carbocycles. The Morgan fingerprint density at radius 1 is 1.00 bits per heavy atom. The fourth-order valence-electron chi connectivity index (χ4n) is 2.23. The van der Waals surface area contributed by atoms with Gasteiger partial charge in [0.05, 0.1) is 19.1 Å². The highest BCUT2D eigenvalue weighted by Gasteiger charge is 2.39. The summed E-state index contributed by atoms with van der Waals surface area (Å²) in [5.41, 5.74) is 0.885. The molecule has 0 saturated carbocycles. The Morgan fingerprint density at radius 2 is 1.61 bits per heavy atom. The van der Waals surface area contributed by atoms with Crippen LogP contribution in [0.3, 0.4) is 0 Å². The van der Waals surface area contributed by atoms with Crippen molar-refractivity contribution in [2.45, 2.75) is 10.9 Å². The molecule has 2 rings (SSSR count). The minimum atomic E-state index is -1.41. The van der Waals surface area contributed by atoms with Crippen LogP contribution in [0.4, 0.5) is 0 Å². The van der Waals surface area contributed by atoms with E-state index in [1.165, 1.54) is 14.2 Å². The number of para-hydroxylation sites is 1. The Bertz CT molecular complexity index is 699. The Morgan fingerprint density at radius 3 is 2.22 bits per heavy atom. The first-order chi connectivity index (χ1) is 11.0. The van der Waals surface area contributed by atoms with E-state index in [0.717, 1.165) is 0 Å². The molecule has 0 saturated heterocycles. The summed E-state index contributed by atoms with van der Waals surface area (Å²) in [6.07, 6.45) is -0.141. The van der Waals surface area contributed by atoms with Gasteiger partial charge in [-0.3, -0.25) is 9.59 Å². The SMILES string of the molecule is COc1ccccc1C(=O)CC(Br)(OC)C(=O)c1ccccc1. The number of carbonyl (C=O) groups excluding carboxylic acids is 2. The van der Waals surface area contributed by atoms with E-state index in [0.29, 0.717) is 16.9 Å². The smallest absolute Gasteiger partial charge is 0.206 e. The molecule has 0 amide bonds. The number of ketones is 2. The van der Waals surface area contributed by atoms with Crippen LogP contribution in [0.25, 0.3) is 0 Å². The Balaban J connectivity index is 2.27. The summed E-state index contributed by atoms with van der Waals surface area (Å²) in [7, 11) is 2.89. The summed E-state index contributed by atoms with van der Waals surface area (Å²) in [6, 6.07) is 15.6. The first kappa shape index (κ1) is 17.4. The number of halogens is 1. The number of Topliss-reactive ketones (excluding diaryl/α,β-unsaturated/α-hetero) is 2. The van der Waals surface area contributed by atoms with Crippen LogP contribution in [0, 0.1) is 0 Å². The van der Waals surface area contributed by atoms with Gasteiger partial charge in [-0.1, -0.05) is 42.5 Å². The molecular formula is C18H17BrO4. The molecule has 0 N–H and O–H groups in total. The monoisotopic (exact) mass is 376 g/mol. The van der Waals surface area contributed by atoms with E-state index in [1.54, 1.807) is 48.5 Å². The van der Waals surface area contributed by atoms with Crippen LogP contribution in [0.1, 0.15) is 27.1 Å². The number of methoxy groups -OCH3 is 2. The first-order valence-corrected chi connectivity index (χ1v) is 7.81. The number of ether oxygens (including phenoxy) is 2. The summed E-state index contributed by atoms with van der Waals surface area (Å²) in [6.45, 7) is 0. The van der Waals surface area contributed by atoms with Crippen LogP contribution in [0.5, 0.6) is 5.75 Å². The van der Waals surface area contributed by atoms with E-state index in [2.05, 4.69) is 15.9 Å². The average molecular weight is 377 g/mol. The fraction of sp³-hybridized carbons (Fsp3) is 0.222. The molecule has 0 radical (unpaired) electrons. The molecule has 0 fully saturated rings. The highest BCUT2D eigenvalue weighted by molar-refractivity contribution is 9.10. The quantitative estimate of drug-likeness (QED) is 0.543. The molecule has 0 aromatic heterocycles. The van der Waals surface area contributed by atoms with Crippen molar-refractivity contribution in [1.29, 1.82) is 0 Å². The summed E-state index contributed by atoms with van der Waals surface area (Å²) < 4.78 is 9.11. The highest BCUT2D eigenvalue weighted by atomic mass is 79.9. The summed E-state index contributed by atoms with van der Waals surface area (Å²) in [5.74, 6) is -0.0788. The van der Waals surface area contributed by atoms with Crippen LogP contribution >= 0.6 is 15.9 Å². The van der Waals surface area contributed by atoms with Crippen LogP contribution in [-0.2, 0) is 4.74 Å². The zero-order valence-electron chi connectivity index (χ0n) is 12.9.